The van der Waals surface area contributed by atoms with Crippen LogP contribution >= 0.6 is 0 Å². The van der Waals surface area contributed by atoms with Crippen LogP contribution in [0.1, 0.15) is 27.2 Å². The number of pyridine rings is 1. The first-order valence-corrected chi connectivity index (χ1v) is 5.88. The van der Waals surface area contributed by atoms with Crippen molar-refractivity contribution in [2.45, 2.75) is 20.4 Å². The minimum Gasteiger partial charge on any atom is -0.478 e. The highest BCUT2D eigenvalue weighted by molar-refractivity contribution is 5.87. The van der Waals surface area contributed by atoms with Gasteiger partial charge < -0.3 is 5.11 Å². The van der Waals surface area contributed by atoms with Gasteiger partial charge >= 0.3 is 5.97 Å². The van der Waals surface area contributed by atoms with Crippen LogP contribution in [0.4, 0.5) is 0 Å². The van der Waals surface area contributed by atoms with E-state index in [2.05, 4.69) is 10.1 Å². The van der Waals surface area contributed by atoms with Crippen molar-refractivity contribution < 1.29 is 9.90 Å². The van der Waals surface area contributed by atoms with Crippen molar-refractivity contribution >= 4 is 5.97 Å². The number of hydrogen-bond acceptors (Lipinski definition) is 4. The highest BCUT2D eigenvalue weighted by Gasteiger charge is 2.09. The molecule has 0 unspecified atom stereocenters. The van der Waals surface area contributed by atoms with E-state index < -0.39 is 5.97 Å². The lowest BCUT2D eigenvalue weighted by molar-refractivity contribution is 0.0696. The maximum absolute atomic E-state index is 12.0. The number of H-pyrrole nitrogens is 1. The summed E-state index contributed by atoms with van der Waals surface area (Å²) >= 11 is 0. The smallest absolute Gasteiger partial charge is 0.337 e. The Hall–Kier alpha value is -2.70. The predicted molar refractivity (Wildman–Crippen MR) is 71.1 cm³/mol. The summed E-state index contributed by atoms with van der Waals surface area (Å²) in [6.07, 6.45) is 1.21. The zero-order valence-electron chi connectivity index (χ0n) is 11.0. The third kappa shape index (κ3) is 2.51. The Morgan fingerprint density at radius 1 is 1.30 bits per heavy atom. The average Bonchev–Trinajstić information content (AvgIpc) is 2.43. The molecule has 0 aliphatic heterocycles. The monoisotopic (exact) mass is 275 g/mol. The molecule has 0 amide bonds. The molecule has 0 aliphatic rings. The zero-order chi connectivity index (χ0) is 14.9. The van der Waals surface area contributed by atoms with E-state index in [0.717, 1.165) is 4.68 Å². The molecule has 0 aromatic carbocycles. The lowest BCUT2D eigenvalue weighted by Crippen LogP contribution is -2.33. The zero-order valence-corrected chi connectivity index (χ0v) is 11.0. The number of nitrogens with one attached hydrogen (secondary N) is 1. The number of carboxylic acid groups (broad SMARTS) is 1. The minimum absolute atomic E-state index is 0.0645. The fraction of sp³-hybridized carbons (Fsp3) is 0.231. The first-order valence-electron chi connectivity index (χ1n) is 5.88. The second-order valence-corrected chi connectivity index (χ2v) is 4.43. The Balaban J connectivity index is 2.38. The van der Waals surface area contributed by atoms with Crippen LogP contribution in [0.3, 0.4) is 0 Å². The van der Waals surface area contributed by atoms with Crippen LogP contribution in [0.5, 0.6) is 0 Å². The van der Waals surface area contributed by atoms with Crippen molar-refractivity contribution in [2.75, 3.05) is 0 Å². The van der Waals surface area contributed by atoms with E-state index in [0.29, 0.717) is 16.8 Å². The van der Waals surface area contributed by atoms with Crippen molar-refractivity contribution in [3.05, 3.63) is 61.4 Å². The molecule has 2 rings (SSSR count). The van der Waals surface area contributed by atoms with E-state index in [4.69, 9.17) is 5.11 Å². The van der Waals surface area contributed by atoms with Gasteiger partial charge in [-0.3, -0.25) is 19.7 Å². The van der Waals surface area contributed by atoms with E-state index in [9.17, 15) is 14.4 Å². The van der Waals surface area contributed by atoms with Crippen molar-refractivity contribution in [2.24, 2.45) is 0 Å². The van der Waals surface area contributed by atoms with Gasteiger partial charge in [-0.2, -0.15) is 0 Å². The molecular formula is C13H13N3O4. The summed E-state index contributed by atoms with van der Waals surface area (Å²) in [6, 6.07) is 2.90. The number of hydrogen-bond donors (Lipinski definition) is 2. The van der Waals surface area contributed by atoms with Gasteiger partial charge in [0.25, 0.3) is 11.1 Å². The standard InChI is InChI=1S/C13H13N3O4/c1-7-8(2)12(18)16(15-11(7)17)6-10-4-3-9(5-14-10)13(19)20/h3-5H,6H2,1-2H3,(H,15,17)(H,19,20). The molecule has 0 atom stereocenters. The lowest BCUT2D eigenvalue weighted by atomic mass is 10.2. The Labute approximate surface area is 113 Å². The lowest BCUT2D eigenvalue weighted by Gasteiger charge is -2.07. The van der Waals surface area contributed by atoms with E-state index in [1.54, 1.807) is 13.8 Å². The molecule has 2 N–H and O–H groups in total. The van der Waals surface area contributed by atoms with E-state index in [1.807, 2.05) is 0 Å². The number of carboxylic acids is 1. The van der Waals surface area contributed by atoms with Gasteiger partial charge in [0.15, 0.2) is 0 Å². The van der Waals surface area contributed by atoms with Gasteiger partial charge in [0.05, 0.1) is 17.8 Å². The number of aromatic amines is 1. The van der Waals surface area contributed by atoms with Gasteiger partial charge in [0.1, 0.15) is 0 Å². The van der Waals surface area contributed by atoms with Crippen molar-refractivity contribution in [1.82, 2.24) is 14.8 Å². The van der Waals surface area contributed by atoms with Crippen molar-refractivity contribution in [1.29, 1.82) is 0 Å². The molecule has 2 aromatic heterocycles. The SMILES string of the molecule is Cc1c(C)c(=O)n(Cc2ccc(C(=O)O)cn2)[nH]c1=O. The molecular weight excluding hydrogens is 262 g/mol. The molecule has 0 bridgehead atoms. The molecule has 0 fully saturated rings. The van der Waals surface area contributed by atoms with Crippen LogP contribution in [0.25, 0.3) is 0 Å². The van der Waals surface area contributed by atoms with Crippen molar-refractivity contribution in [3.8, 4) is 0 Å². The van der Waals surface area contributed by atoms with Crippen LogP contribution in [-0.4, -0.2) is 25.8 Å². The highest BCUT2D eigenvalue weighted by atomic mass is 16.4. The first kappa shape index (κ1) is 13.7. The van der Waals surface area contributed by atoms with Crippen LogP contribution in [0.15, 0.2) is 27.9 Å². The first-order chi connectivity index (χ1) is 9.40. The molecule has 20 heavy (non-hydrogen) atoms. The molecule has 0 saturated heterocycles. The minimum atomic E-state index is -1.07. The summed E-state index contributed by atoms with van der Waals surface area (Å²) in [4.78, 5) is 38.3. The fourth-order valence-electron chi connectivity index (χ4n) is 1.71. The molecule has 2 heterocycles. The molecule has 2 aromatic rings. The summed E-state index contributed by atoms with van der Waals surface area (Å²) in [5, 5.41) is 11.2. The second-order valence-electron chi connectivity index (χ2n) is 4.43. The predicted octanol–water partition coefficient (Wildman–Crippen LogP) is 0.295. The molecule has 104 valence electrons. The third-order valence-corrected chi connectivity index (χ3v) is 3.10. The van der Waals surface area contributed by atoms with Gasteiger partial charge in [0, 0.05) is 17.3 Å². The van der Waals surface area contributed by atoms with Crippen LogP contribution in [-0.2, 0) is 6.54 Å². The van der Waals surface area contributed by atoms with Gasteiger partial charge in [0.2, 0.25) is 0 Å². The molecule has 7 heteroatoms. The van der Waals surface area contributed by atoms with E-state index in [-0.39, 0.29) is 23.2 Å². The van der Waals surface area contributed by atoms with Crippen molar-refractivity contribution in [3.63, 3.8) is 0 Å². The van der Waals surface area contributed by atoms with Crippen LogP contribution in [0, 0.1) is 13.8 Å². The maximum Gasteiger partial charge on any atom is 0.337 e. The third-order valence-electron chi connectivity index (χ3n) is 3.10. The number of aromatic carboxylic acids is 1. The largest absolute Gasteiger partial charge is 0.478 e. The second kappa shape index (κ2) is 5.12. The average molecular weight is 275 g/mol. The molecule has 0 saturated carbocycles. The number of rotatable bonds is 3. The normalized spacial score (nSPS) is 10.5. The molecule has 0 radical (unpaired) electrons. The summed E-state index contributed by atoms with van der Waals surface area (Å²) in [5.74, 6) is -1.07. The van der Waals surface area contributed by atoms with E-state index >= 15 is 0 Å². The maximum atomic E-state index is 12.0. The highest BCUT2D eigenvalue weighted by Crippen LogP contribution is 2.01. The van der Waals surface area contributed by atoms with Gasteiger partial charge in [-0.05, 0) is 26.0 Å². The summed E-state index contributed by atoms with van der Waals surface area (Å²) in [7, 11) is 0. The fourth-order valence-corrected chi connectivity index (χ4v) is 1.71. The number of carbonyl (C=O) groups is 1. The quantitative estimate of drug-likeness (QED) is 0.837. The molecule has 7 nitrogen and oxygen atoms in total. The van der Waals surface area contributed by atoms with E-state index in [1.165, 1.54) is 18.3 Å². The Kier molecular flexibility index (Phi) is 3.51. The topological polar surface area (TPSA) is 105 Å². The number of nitrogens with zero attached hydrogens (tertiary/aromatic N) is 2. The summed E-state index contributed by atoms with van der Waals surface area (Å²) in [6.45, 7) is 3.25. The van der Waals surface area contributed by atoms with Gasteiger partial charge in [-0.15, -0.1) is 0 Å². The number of aromatic nitrogens is 3. The molecule has 0 spiro atoms. The van der Waals surface area contributed by atoms with Gasteiger partial charge in [-0.25, -0.2) is 9.48 Å². The van der Waals surface area contributed by atoms with Crippen LogP contribution in [0.2, 0.25) is 0 Å². The van der Waals surface area contributed by atoms with Crippen LogP contribution < -0.4 is 11.1 Å². The summed E-state index contributed by atoms with van der Waals surface area (Å²) in [5.41, 5.74) is 0.692. The van der Waals surface area contributed by atoms with Gasteiger partial charge in [-0.1, -0.05) is 0 Å². The Bertz CT molecular complexity index is 772. The Morgan fingerprint density at radius 3 is 2.55 bits per heavy atom. The molecule has 0 aliphatic carbocycles. The summed E-state index contributed by atoms with van der Waals surface area (Å²) < 4.78 is 1.16. The Morgan fingerprint density at radius 2 is 2.00 bits per heavy atom.